The van der Waals surface area contributed by atoms with E-state index in [1.807, 2.05) is 19.0 Å². The summed E-state index contributed by atoms with van der Waals surface area (Å²) in [6, 6.07) is 0.192. The van der Waals surface area contributed by atoms with Crippen LogP contribution in [0.25, 0.3) is 0 Å². The Labute approximate surface area is 129 Å². The average Bonchev–Trinajstić information content (AvgIpc) is 2.80. The van der Waals surface area contributed by atoms with Crippen LogP contribution in [0.5, 0.6) is 0 Å². The molecule has 0 aromatic rings. The fraction of sp³-hybridized carbons (Fsp3) is 0.941. The predicted molar refractivity (Wildman–Crippen MR) is 85.1 cm³/mol. The molecular weight excluding hydrogens is 264 g/mol. The number of hydrogen-bond acceptors (Lipinski definition) is 3. The van der Waals surface area contributed by atoms with Crippen LogP contribution in [0.4, 0.5) is 0 Å². The molecule has 2 rings (SSSR count). The molecule has 2 aliphatic rings. The number of β-amino-alcohol motifs (C(OH)–C–C–N with tert-alkyl or cyclic N) is 1. The average molecular weight is 296 g/mol. The molecule has 1 aliphatic carbocycles. The van der Waals surface area contributed by atoms with Gasteiger partial charge in [0.1, 0.15) is 0 Å². The Morgan fingerprint density at radius 3 is 2.62 bits per heavy atom. The van der Waals surface area contributed by atoms with Crippen molar-refractivity contribution >= 4 is 5.91 Å². The first-order valence-electron chi connectivity index (χ1n) is 8.68. The molecule has 1 amide bonds. The highest BCUT2D eigenvalue weighted by molar-refractivity contribution is 5.77. The molecule has 21 heavy (non-hydrogen) atoms. The van der Waals surface area contributed by atoms with Crippen molar-refractivity contribution in [3.63, 3.8) is 0 Å². The Bertz CT molecular complexity index is 327. The molecule has 1 N–H and O–H groups in total. The summed E-state index contributed by atoms with van der Waals surface area (Å²) in [7, 11) is 4.05. The standard InChI is InChI=1S/C17H32N2O2/c1-18(2)12-15-11-16(20)13-19(15)17(21)10-6-9-14-7-4-3-5-8-14/h14-16,20H,3-13H2,1-2H3. The molecular formula is C17H32N2O2. The van der Waals surface area contributed by atoms with Crippen molar-refractivity contribution in [1.29, 1.82) is 0 Å². The van der Waals surface area contributed by atoms with Crippen molar-refractivity contribution in [2.75, 3.05) is 27.2 Å². The van der Waals surface area contributed by atoms with E-state index in [9.17, 15) is 9.90 Å². The number of carbonyl (C=O) groups excluding carboxylic acids is 1. The summed E-state index contributed by atoms with van der Waals surface area (Å²) in [6.45, 7) is 1.38. The quantitative estimate of drug-likeness (QED) is 0.817. The molecule has 1 heterocycles. The van der Waals surface area contributed by atoms with Crippen LogP contribution in [0.15, 0.2) is 0 Å². The van der Waals surface area contributed by atoms with Crippen LogP contribution in [0, 0.1) is 5.92 Å². The molecule has 4 nitrogen and oxygen atoms in total. The van der Waals surface area contributed by atoms with Crippen molar-refractivity contribution in [3.05, 3.63) is 0 Å². The number of likely N-dealkylation sites (tertiary alicyclic amines) is 1. The lowest BCUT2D eigenvalue weighted by molar-refractivity contribution is -0.132. The maximum absolute atomic E-state index is 12.4. The minimum Gasteiger partial charge on any atom is -0.391 e. The van der Waals surface area contributed by atoms with Crippen LogP contribution in [0.2, 0.25) is 0 Å². The Balaban J connectivity index is 1.73. The van der Waals surface area contributed by atoms with Gasteiger partial charge in [0.25, 0.3) is 0 Å². The van der Waals surface area contributed by atoms with Gasteiger partial charge >= 0.3 is 0 Å². The zero-order chi connectivity index (χ0) is 15.2. The zero-order valence-corrected chi connectivity index (χ0v) is 13.8. The van der Waals surface area contributed by atoms with Crippen LogP contribution in [0.1, 0.15) is 57.8 Å². The molecule has 122 valence electrons. The number of nitrogens with zero attached hydrogens (tertiary/aromatic N) is 2. The van der Waals surface area contributed by atoms with E-state index in [4.69, 9.17) is 0 Å². The van der Waals surface area contributed by atoms with Gasteiger partial charge in [0.05, 0.1) is 6.10 Å². The summed E-state index contributed by atoms with van der Waals surface area (Å²) in [6.07, 6.45) is 10.2. The van der Waals surface area contributed by atoms with Crippen LogP contribution < -0.4 is 0 Å². The highest BCUT2D eigenvalue weighted by atomic mass is 16.3. The van der Waals surface area contributed by atoms with Crippen molar-refractivity contribution in [1.82, 2.24) is 9.80 Å². The number of amides is 1. The Hall–Kier alpha value is -0.610. The minimum absolute atomic E-state index is 0.192. The molecule has 2 unspecified atom stereocenters. The highest BCUT2D eigenvalue weighted by Gasteiger charge is 2.34. The van der Waals surface area contributed by atoms with Crippen molar-refractivity contribution < 1.29 is 9.90 Å². The molecule has 0 bridgehead atoms. The Kier molecular flexibility index (Phi) is 6.49. The second kappa shape index (κ2) is 8.14. The molecule has 1 saturated carbocycles. The zero-order valence-electron chi connectivity index (χ0n) is 13.8. The fourth-order valence-electron chi connectivity index (χ4n) is 3.95. The first-order chi connectivity index (χ1) is 10.1. The van der Waals surface area contributed by atoms with E-state index in [1.54, 1.807) is 0 Å². The summed E-state index contributed by atoms with van der Waals surface area (Å²) < 4.78 is 0. The summed E-state index contributed by atoms with van der Waals surface area (Å²) in [5.41, 5.74) is 0. The lowest BCUT2D eigenvalue weighted by Crippen LogP contribution is -2.41. The topological polar surface area (TPSA) is 43.8 Å². The maximum Gasteiger partial charge on any atom is 0.222 e. The van der Waals surface area contributed by atoms with Gasteiger partial charge in [-0.05, 0) is 39.3 Å². The molecule has 2 atom stereocenters. The first-order valence-corrected chi connectivity index (χ1v) is 8.68. The maximum atomic E-state index is 12.4. The molecule has 0 aromatic heterocycles. The molecule has 2 fully saturated rings. The largest absolute Gasteiger partial charge is 0.391 e. The van der Waals surface area contributed by atoms with E-state index in [0.717, 1.165) is 25.3 Å². The molecule has 4 heteroatoms. The van der Waals surface area contributed by atoms with E-state index in [1.165, 1.54) is 38.5 Å². The van der Waals surface area contributed by atoms with Crippen molar-refractivity contribution in [2.24, 2.45) is 5.92 Å². The molecule has 1 saturated heterocycles. The van der Waals surface area contributed by atoms with E-state index < -0.39 is 0 Å². The molecule has 0 aromatic carbocycles. The van der Waals surface area contributed by atoms with E-state index in [0.29, 0.717) is 13.0 Å². The summed E-state index contributed by atoms with van der Waals surface area (Å²) >= 11 is 0. The number of rotatable bonds is 6. The van der Waals surface area contributed by atoms with Crippen LogP contribution in [0.3, 0.4) is 0 Å². The van der Waals surface area contributed by atoms with Gasteiger partial charge in [0.15, 0.2) is 0 Å². The smallest absolute Gasteiger partial charge is 0.222 e. The third kappa shape index (κ3) is 5.26. The fourth-order valence-corrected chi connectivity index (χ4v) is 3.95. The lowest BCUT2D eigenvalue weighted by atomic mass is 9.86. The van der Waals surface area contributed by atoms with E-state index in [-0.39, 0.29) is 18.1 Å². The van der Waals surface area contributed by atoms with Crippen molar-refractivity contribution in [2.45, 2.75) is 69.9 Å². The molecule has 0 radical (unpaired) electrons. The minimum atomic E-state index is -0.336. The number of aliphatic hydroxyl groups is 1. The normalized spacial score (nSPS) is 27.5. The molecule has 1 aliphatic heterocycles. The van der Waals surface area contributed by atoms with Crippen LogP contribution in [-0.2, 0) is 4.79 Å². The van der Waals surface area contributed by atoms with Gasteiger partial charge in [0, 0.05) is 25.6 Å². The Morgan fingerprint density at radius 2 is 1.95 bits per heavy atom. The SMILES string of the molecule is CN(C)CC1CC(O)CN1C(=O)CCCC1CCCCC1. The van der Waals surface area contributed by atoms with Gasteiger partial charge in [-0.25, -0.2) is 0 Å². The van der Waals surface area contributed by atoms with Gasteiger partial charge in [0.2, 0.25) is 5.91 Å². The van der Waals surface area contributed by atoms with E-state index >= 15 is 0 Å². The first kappa shape index (κ1) is 16.8. The number of carbonyl (C=O) groups is 1. The summed E-state index contributed by atoms with van der Waals surface area (Å²) in [5.74, 6) is 1.10. The highest BCUT2D eigenvalue weighted by Crippen LogP contribution is 2.28. The van der Waals surface area contributed by atoms with Gasteiger partial charge in [-0.15, -0.1) is 0 Å². The monoisotopic (exact) mass is 296 g/mol. The lowest BCUT2D eigenvalue weighted by Gasteiger charge is -2.27. The number of hydrogen-bond donors (Lipinski definition) is 1. The van der Waals surface area contributed by atoms with Gasteiger partial charge in [-0.2, -0.15) is 0 Å². The summed E-state index contributed by atoms with van der Waals surface area (Å²) in [4.78, 5) is 16.4. The Morgan fingerprint density at radius 1 is 1.24 bits per heavy atom. The third-order valence-electron chi connectivity index (χ3n) is 5.02. The van der Waals surface area contributed by atoms with Gasteiger partial charge < -0.3 is 14.9 Å². The second-order valence-electron chi connectivity index (χ2n) is 7.25. The summed E-state index contributed by atoms with van der Waals surface area (Å²) in [5, 5.41) is 9.85. The third-order valence-corrected chi connectivity index (χ3v) is 5.02. The van der Waals surface area contributed by atoms with Gasteiger partial charge in [-0.3, -0.25) is 4.79 Å². The van der Waals surface area contributed by atoms with Gasteiger partial charge in [-0.1, -0.05) is 32.1 Å². The van der Waals surface area contributed by atoms with Crippen LogP contribution >= 0.6 is 0 Å². The number of aliphatic hydroxyl groups excluding tert-OH is 1. The predicted octanol–water partition coefficient (Wildman–Crippen LogP) is 2.26. The van der Waals surface area contributed by atoms with Crippen molar-refractivity contribution in [3.8, 4) is 0 Å². The second-order valence-corrected chi connectivity index (χ2v) is 7.25. The van der Waals surface area contributed by atoms with E-state index in [2.05, 4.69) is 4.90 Å². The molecule has 0 spiro atoms. The van der Waals surface area contributed by atoms with Crippen LogP contribution in [-0.4, -0.2) is 60.1 Å². The number of likely N-dealkylation sites (N-methyl/N-ethyl adjacent to an activating group) is 1.